The van der Waals surface area contributed by atoms with Gasteiger partial charge in [-0.3, -0.25) is 4.79 Å². The molecule has 23 heavy (non-hydrogen) atoms. The number of amidine groups is 1. The van der Waals surface area contributed by atoms with Gasteiger partial charge in [0.05, 0.1) is 10.6 Å². The third-order valence-electron chi connectivity index (χ3n) is 3.60. The molecule has 3 nitrogen and oxygen atoms in total. The summed E-state index contributed by atoms with van der Waals surface area (Å²) < 4.78 is 0.986. The van der Waals surface area contributed by atoms with Crippen molar-refractivity contribution in [3.05, 3.63) is 68.5 Å². The Kier molecular flexibility index (Phi) is 4.68. The first kappa shape index (κ1) is 16.0. The SMILES string of the molecule is Cc1cccc(N=C2NC(=O)C(=Cc3cccc(Br)c3)S2)c1C. The number of rotatable bonds is 2. The molecule has 0 aliphatic carbocycles. The quantitative estimate of drug-likeness (QED) is 0.741. The van der Waals surface area contributed by atoms with Crippen molar-refractivity contribution in [3.8, 4) is 0 Å². The van der Waals surface area contributed by atoms with Crippen LogP contribution in [0.1, 0.15) is 16.7 Å². The molecule has 5 heteroatoms. The number of amides is 1. The first-order chi connectivity index (χ1) is 11.0. The molecule has 0 aromatic heterocycles. The van der Waals surface area contributed by atoms with Gasteiger partial charge in [-0.15, -0.1) is 0 Å². The van der Waals surface area contributed by atoms with Gasteiger partial charge in [0.15, 0.2) is 5.17 Å². The summed E-state index contributed by atoms with van der Waals surface area (Å²) in [6.45, 7) is 4.09. The lowest BCUT2D eigenvalue weighted by molar-refractivity contribution is -0.115. The number of halogens is 1. The van der Waals surface area contributed by atoms with Crippen molar-refractivity contribution in [2.45, 2.75) is 13.8 Å². The van der Waals surface area contributed by atoms with Gasteiger partial charge in [-0.1, -0.05) is 40.2 Å². The summed E-state index contributed by atoms with van der Waals surface area (Å²) in [7, 11) is 0. The molecular formula is C18H15BrN2OS. The van der Waals surface area contributed by atoms with Crippen LogP contribution >= 0.6 is 27.7 Å². The first-order valence-electron chi connectivity index (χ1n) is 7.14. The highest BCUT2D eigenvalue weighted by molar-refractivity contribution is 9.10. The Morgan fingerprint density at radius 3 is 2.74 bits per heavy atom. The average Bonchev–Trinajstić information content (AvgIpc) is 2.84. The molecule has 0 spiro atoms. The number of hydrogen-bond acceptors (Lipinski definition) is 3. The van der Waals surface area contributed by atoms with E-state index in [9.17, 15) is 4.79 Å². The second-order valence-corrected chi connectivity index (χ2v) is 7.20. The lowest BCUT2D eigenvalue weighted by Crippen LogP contribution is -2.19. The molecule has 1 N–H and O–H groups in total. The van der Waals surface area contributed by atoms with Crippen LogP contribution in [-0.4, -0.2) is 11.1 Å². The predicted octanol–water partition coefficient (Wildman–Crippen LogP) is 4.96. The van der Waals surface area contributed by atoms with E-state index in [2.05, 4.69) is 39.2 Å². The van der Waals surface area contributed by atoms with Crippen molar-refractivity contribution in [1.29, 1.82) is 0 Å². The summed E-state index contributed by atoms with van der Waals surface area (Å²) in [6.07, 6.45) is 1.87. The molecule has 1 fully saturated rings. The Hall–Kier alpha value is -1.85. The van der Waals surface area contributed by atoms with E-state index in [4.69, 9.17) is 0 Å². The van der Waals surface area contributed by atoms with Crippen molar-refractivity contribution < 1.29 is 4.79 Å². The lowest BCUT2D eigenvalue weighted by Gasteiger charge is -2.04. The Morgan fingerprint density at radius 1 is 1.17 bits per heavy atom. The molecular weight excluding hydrogens is 372 g/mol. The van der Waals surface area contributed by atoms with Crippen LogP contribution in [0.15, 0.2) is 56.8 Å². The number of nitrogens with one attached hydrogen (secondary N) is 1. The lowest BCUT2D eigenvalue weighted by atomic mass is 10.1. The average molecular weight is 387 g/mol. The third-order valence-corrected chi connectivity index (χ3v) is 5.00. The van der Waals surface area contributed by atoms with E-state index in [1.54, 1.807) is 0 Å². The Morgan fingerprint density at radius 2 is 1.96 bits per heavy atom. The third kappa shape index (κ3) is 3.74. The second kappa shape index (κ2) is 6.72. The standard InChI is InChI=1S/C18H15BrN2OS/c1-11-5-3-8-15(12(11)2)20-18-21-17(22)16(23-18)10-13-6-4-7-14(19)9-13/h3-10H,1-2H3,(H,20,21,22). The minimum Gasteiger partial charge on any atom is -0.300 e. The summed E-state index contributed by atoms with van der Waals surface area (Å²) in [5, 5.41) is 3.44. The zero-order valence-electron chi connectivity index (χ0n) is 12.8. The van der Waals surface area contributed by atoms with Crippen LogP contribution in [0.3, 0.4) is 0 Å². The van der Waals surface area contributed by atoms with Crippen molar-refractivity contribution in [2.75, 3.05) is 0 Å². The summed E-state index contributed by atoms with van der Waals surface area (Å²) >= 11 is 4.80. The van der Waals surface area contributed by atoms with E-state index < -0.39 is 0 Å². The van der Waals surface area contributed by atoms with Crippen molar-refractivity contribution in [3.63, 3.8) is 0 Å². The van der Waals surface area contributed by atoms with Crippen LogP contribution in [0.25, 0.3) is 6.08 Å². The summed E-state index contributed by atoms with van der Waals surface area (Å²) in [5.74, 6) is -0.112. The van der Waals surface area contributed by atoms with Gasteiger partial charge in [0.25, 0.3) is 5.91 Å². The van der Waals surface area contributed by atoms with Gasteiger partial charge in [0, 0.05) is 4.47 Å². The fraction of sp³-hybridized carbons (Fsp3) is 0.111. The minimum atomic E-state index is -0.112. The monoisotopic (exact) mass is 386 g/mol. The van der Waals surface area contributed by atoms with E-state index in [1.807, 2.05) is 49.4 Å². The zero-order valence-corrected chi connectivity index (χ0v) is 15.2. The number of carbonyl (C=O) groups excluding carboxylic acids is 1. The van der Waals surface area contributed by atoms with Crippen LogP contribution in [0.2, 0.25) is 0 Å². The second-order valence-electron chi connectivity index (χ2n) is 5.26. The molecule has 2 aromatic carbocycles. The van der Waals surface area contributed by atoms with Gasteiger partial charge >= 0.3 is 0 Å². The number of aliphatic imine (C=N–C) groups is 1. The number of benzene rings is 2. The highest BCUT2D eigenvalue weighted by atomic mass is 79.9. The molecule has 0 atom stereocenters. The largest absolute Gasteiger partial charge is 0.300 e. The molecule has 1 saturated heterocycles. The molecule has 116 valence electrons. The predicted molar refractivity (Wildman–Crippen MR) is 101 cm³/mol. The van der Waals surface area contributed by atoms with Crippen LogP contribution in [0, 0.1) is 13.8 Å². The van der Waals surface area contributed by atoms with Crippen molar-refractivity contribution >= 4 is 50.5 Å². The van der Waals surface area contributed by atoms with Gasteiger partial charge in [-0.2, -0.15) is 0 Å². The first-order valence-corrected chi connectivity index (χ1v) is 8.75. The maximum absolute atomic E-state index is 12.1. The van der Waals surface area contributed by atoms with E-state index in [0.717, 1.165) is 21.3 Å². The van der Waals surface area contributed by atoms with Crippen molar-refractivity contribution in [2.24, 2.45) is 4.99 Å². The minimum absolute atomic E-state index is 0.112. The molecule has 2 aromatic rings. The van der Waals surface area contributed by atoms with Gasteiger partial charge < -0.3 is 5.32 Å². The van der Waals surface area contributed by atoms with Crippen LogP contribution in [0.5, 0.6) is 0 Å². The summed E-state index contributed by atoms with van der Waals surface area (Å²) in [6, 6.07) is 13.8. The van der Waals surface area contributed by atoms with Gasteiger partial charge in [0.2, 0.25) is 0 Å². The smallest absolute Gasteiger partial charge is 0.264 e. The van der Waals surface area contributed by atoms with Gasteiger partial charge in [0.1, 0.15) is 0 Å². The molecule has 1 heterocycles. The molecule has 0 unspecified atom stereocenters. The van der Waals surface area contributed by atoms with Gasteiger partial charge in [-0.05, 0) is 66.6 Å². The maximum Gasteiger partial charge on any atom is 0.264 e. The zero-order chi connectivity index (χ0) is 16.4. The number of hydrogen-bond donors (Lipinski definition) is 1. The molecule has 0 saturated carbocycles. The number of carbonyl (C=O) groups is 1. The fourth-order valence-corrected chi connectivity index (χ4v) is 3.45. The maximum atomic E-state index is 12.1. The van der Waals surface area contributed by atoms with E-state index in [1.165, 1.54) is 17.3 Å². The Labute approximate surface area is 148 Å². The summed E-state index contributed by atoms with van der Waals surface area (Å²) in [4.78, 5) is 17.3. The molecule has 1 amide bonds. The highest BCUT2D eigenvalue weighted by Gasteiger charge is 2.24. The molecule has 1 aliphatic heterocycles. The van der Waals surface area contributed by atoms with Crippen LogP contribution in [0.4, 0.5) is 5.69 Å². The normalized spacial score (nSPS) is 17.8. The molecule has 0 bridgehead atoms. The van der Waals surface area contributed by atoms with Crippen LogP contribution in [-0.2, 0) is 4.79 Å². The fourth-order valence-electron chi connectivity index (χ4n) is 2.19. The molecule has 0 radical (unpaired) electrons. The number of thioether (sulfide) groups is 1. The number of aryl methyl sites for hydroxylation is 1. The van der Waals surface area contributed by atoms with E-state index in [0.29, 0.717) is 10.1 Å². The Balaban J connectivity index is 1.88. The van der Waals surface area contributed by atoms with Crippen molar-refractivity contribution in [1.82, 2.24) is 5.32 Å². The Bertz CT molecular complexity index is 843. The molecule has 1 aliphatic rings. The highest BCUT2D eigenvalue weighted by Crippen LogP contribution is 2.30. The summed E-state index contributed by atoms with van der Waals surface area (Å²) in [5.41, 5.74) is 4.17. The van der Waals surface area contributed by atoms with Crippen LogP contribution < -0.4 is 5.32 Å². The molecule has 3 rings (SSSR count). The number of nitrogens with zero attached hydrogens (tertiary/aromatic N) is 1. The van der Waals surface area contributed by atoms with E-state index in [-0.39, 0.29) is 5.91 Å². The topological polar surface area (TPSA) is 41.5 Å². The van der Waals surface area contributed by atoms with Gasteiger partial charge in [-0.25, -0.2) is 4.99 Å². The van der Waals surface area contributed by atoms with E-state index >= 15 is 0 Å².